The summed E-state index contributed by atoms with van der Waals surface area (Å²) in [5, 5.41) is 2.27. The van der Waals surface area contributed by atoms with E-state index in [1.54, 1.807) is 36.4 Å². The number of para-hydroxylation sites is 1. The number of hydrogen-bond acceptors (Lipinski definition) is 4. The van der Waals surface area contributed by atoms with Crippen LogP contribution in [-0.4, -0.2) is 28.8 Å². The number of amides is 4. The zero-order chi connectivity index (χ0) is 21.1. The van der Waals surface area contributed by atoms with E-state index in [4.69, 9.17) is 4.74 Å². The van der Waals surface area contributed by atoms with Crippen molar-refractivity contribution in [3.8, 4) is 5.75 Å². The van der Waals surface area contributed by atoms with E-state index in [1.807, 2.05) is 0 Å². The number of carbonyl (C=O) groups excluding carboxylic acids is 3. The van der Waals surface area contributed by atoms with Crippen LogP contribution in [0.1, 0.15) is 36.8 Å². The molecule has 0 aromatic heterocycles. The first-order chi connectivity index (χ1) is 14.5. The minimum absolute atomic E-state index is 0.0978. The second kappa shape index (κ2) is 8.49. The van der Waals surface area contributed by atoms with Crippen molar-refractivity contribution in [1.29, 1.82) is 0 Å². The van der Waals surface area contributed by atoms with E-state index in [1.165, 1.54) is 23.1 Å². The summed E-state index contributed by atoms with van der Waals surface area (Å²) < 4.78 is 18.9. The van der Waals surface area contributed by atoms with Crippen LogP contribution in [0.15, 0.2) is 54.1 Å². The van der Waals surface area contributed by atoms with Gasteiger partial charge in [0.2, 0.25) is 0 Å². The number of benzene rings is 2. The monoisotopic (exact) mass is 408 g/mol. The molecule has 1 N–H and O–H groups in total. The lowest BCUT2D eigenvalue weighted by atomic mass is 10.0. The minimum atomic E-state index is -0.715. The topological polar surface area (TPSA) is 75.7 Å². The van der Waals surface area contributed by atoms with Crippen molar-refractivity contribution in [1.82, 2.24) is 10.2 Å². The molecule has 7 heteroatoms. The van der Waals surface area contributed by atoms with Crippen LogP contribution in [0.3, 0.4) is 0 Å². The minimum Gasteiger partial charge on any atom is -0.488 e. The number of hydrogen-bond donors (Lipinski definition) is 1. The lowest BCUT2D eigenvalue weighted by Crippen LogP contribution is -2.57. The number of nitrogens with one attached hydrogen (secondary N) is 1. The normalized spacial score (nSPS) is 18.8. The smallest absolute Gasteiger partial charge is 0.331 e. The summed E-state index contributed by atoms with van der Waals surface area (Å²) in [5.74, 6) is -1.15. The predicted octanol–water partition coefficient (Wildman–Crippen LogP) is 3.81. The molecule has 2 aliphatic rings. The van der Waals surface area contributed by atoms with Gasteiger partial charge in [-0.05, 0) is 42.7 Å². The number of carbonyl (C=O) groups is 3. The maximum absolute atomic E-state index is 13.1. The highest BCUT2D eigenvalue weighted by molar-refractivity contribution is 6.31. The van der Waals surface area contributed by atoms with Gasteiger partial charge < -0.3 is 4.74 Å². The van der Waals surface area contributed by atoms with Crippen molar-refractivity contribution in [3.63, 3.8) is 0 Å². The molecule has 154 valence electrons. The molecular formula is C23H21FN2O4. The molecule has 2 aromatic rings. The van der Waals surface area contributed by atoms with Crippen LogP contribution in [0, 0.1) is 5.82 Å². The van der Waals surface area contributed by atoms with Gasteiger partial charge in [-0.1, -0.05) is 43.2 Å². The predicted molar refractivity (Wildman–Crippen MR) is 108 cm³/mol. The van der Waals surface area contributed by atoms with Crippen molar-refractivity contribution < 1.29 is 23.5 Å². The number of ether oxygens (including phenoxy) is 1. The summed E-state index contributed by atoms with van der Waals surface area (Å²) >= 11 is 0. The number of nitrogens with zero attached hydrogens (tertiary/aromatic N) is 1. The van der Waals surface area contributed by atoms with Gasteiger partial charge in [0.15, 0.2) is 0 Å². The first-order valence-corrected chi connectivity index (χ1v) is 9.90. The second-order valence-electron chi connectivity index (χ2n) is 7.38. The average molecular weight is 408 g/mol. The molecule has 0 bridgehead atoms. The van der Waals surface area contributed by atoms with Crippen molar-refractivity contribution >= 4 is 23.9 Å². The molecule has 6 nitrogen and oxygen atoms in total. The fraction of sp³-hybridized carbons (Fsp3) is 0.261. The number of rotatable bonds is 5. The Bertz CT molecular complexity index is 1010. The van der Waals surface area contributed by atoms with Crippen LogP contribution in [0.2, 0.25) is 0 Å². The Hall–Kier alpha value is -3.48. The van der Waals surface area contributed by atoms with E-state index in [0.29, 0.717) is 11.3 Å². The summed E-state index contributed by atoms with van der Waals surface area (Å²) in [6.07, 6.45) is 4.85. The van der Waals surface area contributed by atoms with Gasteiger partial charge in [0, 0.05) is 11.6 Å². The Kier molecular flexibility index (Phi) is 5.61. The maximum Gasteiger partial charge on any atom is 0.331 e. The van der Waals surface area contributed by atoms with Gasteiger partial charge in [0.1, 0.15) is 23.7 Å². The first kappa shape index (κ1) is 19.8. The molecule has 1 saturated heterocycles. The molecule has 4 amide bonds. The van der Waals surface area contributed by atoms with E-state index in [9.17, 15) is 18.8 Å². The molecule has 2 aromatic carbocycles. The fourth-order valence-corrected chi connectivity index (χ4v) is 3.79. The number of barbiturate groups is 1. The number of urea groups is 1. The first-order valence-electron chi connectivity index (χ1n) is 9.90. The van der Waals surface area contributed by atoms with Gasteiger partial charge in [-0.25, -0.2) is 9.18 Å². The molecule has 0 spiro atoms. The lowest BCUT2D eigenvalue weighted by Gasteiger charge is -2.31. The standard InChI is InChI=1S/C23H21FN2O4/c24-17-11-9-15(10-12-17)14-30-20-8-4-1-5-16(20)13-19-21(27)25-23(29)26(22(19)28)18-6-2-3-7-18/h1,4-5,8-13,18H,2-3,6-7,14H2,(H,25,27,29)/b19-13+. The highest BCUT2D eigenvalue weighted by Gasteiger charge is 2.40. The Balaban J connectivity index is 1.58. The summed E-state index contributed by atoms with van der Waals surface area (Å²) in [6, 6.07) is 12.1. The van der Waals surface area contributed by atoms with Crippen molar-refractivity contribution in [2.45, 2.75) is 38.3 Å². The van der Waals surface area contributed by atoms with Crippen LogP contribution in [0.4, 0.5) is 9.18 Å². The quantitative estimate of drug-likeness (QED) is 0.603. The maximum atomic E-state index is 13.1. The van der Waals surface area contributed by atoms with Gasteiger partial charge in [-0.15, -0.1) is 0 Å². The molecule has 0 atom stereocenters. The zero-order valence-electron chi connectivity index (χ0n) is 16.3. The molecule has 1 heterocycles. The Labute approximate surface area is 173 Å². The van der Waals surface area contributed by atoms with Crippen molar-refractivity contribution in [3.05, 3.63) is 71.0 Å². The van der Waals surface area contributed by atoms with Crippen LogP contribution in [0.5, 0.6) is 5.75 Å². The van der Waals surface area contributed by atoms with Crippen LogP contribution in [-0.2, 0) is 16.2 Å². The Morgan fingerprint density at radius 2 is 1.73 bits per heavy atom. The van der Waals surface area contributed by atoms with Gasteiger partial charge in [0.05, 0.1) is 0 Å². The molecular weight excluding hydrogens is 387 g/mol. The molecule has 0 radical (unpaired) electrons. The zero-order valence-corrected chi connectivity index (χ0v) is 16.3. The molecule has 2 fully saturated rings. The molecule has 1 saturated carbocycles. The third-order valence-corrected chi connectivity index (χ3v) is 5.35. The largest absolute Gasteiger partial charge is 0.488 e. The Morgan fingerprint density at radius 3 is 2.47 bits per heavy atom. The second-order valence-corrected chi connectivity index (χ2v) is 7.38. The average Bonchev–Trinajstić information content (AvgIpc) is 3.25. The summed E-state index contributed by atoms with van der Waals surface area (Å²) in [4.78, 5) is 38.8. The van der Waals surface area contributed by atoms with Crippen LogP contribution in [0.25, 0.3) is 6.08 Å². The van der Waals surface area contributed by atoms with Crippen LogP contribution < -0.4 is 10.1 Å². The third kappa shape index (κ3) is 4.10. The van der Waals surface area contributed by atoms with Gasteiger partial charge in [0.25, 0.3) is 11.8 Å². The van der Waals surface area contributed by atoms with E-state index >= 15 is 0 Å². The van der Waals surface area contributed by atoms with Gasteiger partial charge >= 0.3 is 6.03 Å². The SMILES string of the molecule is O=C1NC(=O)N(C2CCCC2)C(=O)/C1=C/c1ccccc1OCc1ccc(F)cc1. The number of imide groups is 2. The number of halogens is 1. The highest BCUT2D eigenvalue weighted by atomic mass is 19.1. The molecule has 1 aliphatic heterocycles. The van der Waals surface area contributed by atoms with Crippen molar-refractivity contribution in [2.24, 2.45) is 0 Å². The van der Waals surface area contributed by atoms with Gasteiger partial charge in [-0.2, -0.15) is 0 Å². The summed E-state index contributed by atoms with van der Waals surface area (Å²) in [6.45, 7) is 0.202. The van der Waals surface area contributed by atoms with E-state index in [2.05, 4.69) is 5.32 Å². The van der Waals surface area contributed by atoms with Crippen molar-refractivity contribution in [2.75, 3.05) is 0 Å². The molecule has 4 rings (SSSR count). The van der Waals surface area contributed by atoms with Crippen LogP contribution >= 0.6 is 0 Å². The summed E-state index contributed by atoms with van der Waals surface area (Å²) in [5.41, 5.74) is 1.22. The highest BCUT2D eigenvalue weighted by Crippen LogP contribution is 2.28. The summed E-state index contributed by atoms with van der Waals surface area (Å²) in [7, 11) is 0. The lowest BCUT2D eigenvalue weighted by molar-refractivity contribution is -0.131. The molecule has 30 heavy (non-hydrogen) atoms. The Morgan fingerprint density at radius 1 is 1.03 bits per heavy atom. The molecule has 1 aliphatic carbocycles. The van der Waals surface area contributed by atoms with Gasteiger partial charge in [-0.3, -0.25) is 19.8 Å². The third-order valence-electron chi connectivity index (χ3n) is 5.35. The fourth-order valence-electron chi connectivity index (χ4n) is 3.79. The van der Waals surface area contributed by atoms with E-state index in [0.717, 1.165) is 31.2 Å². The van der Waals surface area contributed by atoms with E-state index in [-0.39, 0.29) is 24.0 Å². The molecule has 0 unspecified atom stereocenters. The van der Waals surface area contributed by atoms with E-state index < -0.39 is 17.8 Å².